The number of nitrogens with zero attached hydrogens (tertiary/aromatic N) is 2. The van der Waals surface area contributed by atoms with Gasteiger partial charge in [0, 0.05) is 17.4 Å². The number of ether oxygens (including phenoxy) is 2. The van der Waals surface area contributed by atoms with Crippen molar-refractivity contribution in [2.75, 3.05) is 20.3 Å². The molecule has 0 aromatic heterocycles. The fourth-order valence-electron chi connectivity index (χ4n) is 2.82. The minimum atomic E-state index is -0.626. The number of likely N-dealkylation sites (tertiary alicyclic amines) is 1. The first-order chi connectivity index (χ1) is 12.4. The van der Waals surface area contributed by atoms with E-state index in [0.29, 0.717) is 38.7 Å². The number of halogens is 1. The van der Waals surface area contributed by atoms with Gasteiger partial charge in [-0.3, -0.25) is 14.9 Å². The van der Waals surface area contributed by atoms with Crippen molar-refractivity contribution >= 4 is 33.8 Å². The number of rotatable bonds is 8. The van der Waals surface area contributed by atoms with E-state index in [1.165, 1.54) is 24.1 Å². The van der Waals surface area contributed by atoms with Gasteiger partial charge in [-0.15, -0.1) is 0 Å². The maximum Gasteiger partial charge on any atom is 0.286 e. The number of carbonyl (C=O) groups excluding carboxylic acids is 2. The van der Waals surface area contributed by atoms with Crippen LogP contribution in [0.15, 0.2) is 12.1 Å². The second-order valence-electron chi connectivity index (χ2n) is 6.04. The van der Waals surface area contributed by atoms with Crippen molar-refractivity contribution in [2.24, 2.45) is 0 Å². The van der Waals surface area contributed by atoms with E-state index in [0.717, 1.165) is 0 Å². The maximum absolute atomic E-state index is 12.8. The molecule has 1 heterocycles. The molecule has 0 bridgehead atoms. The number of carbonyl (C=O) groups is 2. The standard InChI is InChI=1S/C17H21BrN2O6/c1-11(18)5-7-26-16-9-14(20(23)24)13(8-15(16)25-2)17(22)19-6-3-4-12(19)10-21/h8-12H,3-7H2,1-2H3/t11?,12-/m0/s1. The largest absolute Gasteiger partial charge is 0.493 e. The van der Waals surface area contributed by atoms with E-state index in [4.69, 9.17) is 9.47 Å². The average Bonchev–Trinajstić information content (AvgIpc) is 3.08. The minimum Gasteiger partial charge on any atom is -0.493 e. The van der Waals surface area contributed by atoms with E-state index < -0.39 is 16.9 Å². The highest BCUT2D eigenvalue weighted by Gasteiger charge is 2.34. The third-order valence-electron chi connectivity index (χ3n) is 4.20. The first kappa shape index (κ1) is 20.2. The number of amides is 1. The number of alkyl halides is 1. The lowest BCUT2D eigenvalue weighted by molar-refractivity contribution is -0.385. The minimum absolute atomic E-state index is 0.109. The number of aldehydes is 1. The van der Waals surface area contributed by atoms with Gasteiger partial charge in [-0.2, -0.15) is 0 Å². The maximum atomic E-state index is 12.8. The predicted octanol–water partition coefficient (Wildman–Crippen LogP) is 2.96. The highest BCUT2D eigenvalue weighted by Crippen LogP contribution is 2.36. The molecule has 1 aliphatic rings. The summed E-state index contributed by atoms with van der Waals surface area (Å²) >= 11 is 3.40. The van der Waals surface area contributed by atoms with E-state index in [9.17, 15) is 19.7 Å². The van der Waals surface area contributed by atoms with Gasteiger partial charge in [-0.1, -0.05) is 22.9 Å². The van der Waals surface area contributed by atoms with Crippen molar-refractivity contribution in [1.82, 2.24) is 4.90 Å². The van der Waals surface area contributed by atoms with E-state index in [2.05, 4.69) is 15.9 Å². The average molecular weight is 429 g/mol. The molecule has 0 radical (unpaired) electrons. The summed E-state index contributed by atoms with van der Waals surface area (Å²) in [6.07, 6.45) is 2.65. The molecule has 2 rings (SSSR count). The smallest absolute Gasteiger partial charge is 0.286 e. The Bertz CT molecular complexity index is 694. The van der Waals surface area contributed by atoms with Crippen LogP contribution < -0.4 is 9.47 Å². The van der Waals surface area contributed by atoms with Crippen LogP contribution in [0.1, 0.15) is 36.5 Å². The molecule has 0 spiro atoms. The molecule has 1 unspecified atom stereocenters. The summed E-state index contributed by atoms with van der Waals surface area (Å²) in [6, 6.07) is 1.97. The summed E-state index contributed by atoms with van der Waals surface area (Å²) in [6.45, 7) is 2.69. The third-order valence-corrected chi connectivity index (χ3v) is 4.66. The van der Waals surface area contributed by atoms with Crippen LogP contribution >= 0.6 is 15.9 Å². The van der Waals surface area contributed by atoms with E-state index in [1.807, 2.05) is 6.92 Å². The van der Waals surface area contributed by atoms with Crippen LogP contribution in [0.5, 0.6) is 11.5 Å². The molecule has 0 N–H and O–H groups in total. The van der Waals surface area contributed by atoms with Crippen LogP contribution in [0.4, 0.5) is 5.69 Å². The van der Waals surface area contributed by atoms with Gasteiger partial charge in [0.25, 0.3) is 11.6 Å². The number of hydrogen-bond donors (Lipinski definition) is 0. The number of methoxy groups -OCH3 is 1. The first-order valence-electron chi connectivity index (χ1n) is 8.28. The molecule has 8 nitrogen and oxygen atoms in total. The molecule has 1 amide bonds. The van der Waals surface area contributed by atoms with Crippen molar-refractivity contribution in [1.29, 1.82) is 0 Å². The Kier molecular flexibility index (Phi) is 6.96. The van der Waals surface area contributed by atoms with Crippen LogP contribution in [-0.2, 0) is 4.79 Å². The topological polar surface area (TPSA) is 99.0 Å². The fraction of sp³-hybridized carbons (Fsp3) is 0.529. The summed E-state index contributed by atoms with van der Waals surface area (Å²) in [5.41, 5.74) is -0.476. The molecular formula is C17H21BrN2O6. The Morgan fingerprint density at radius 2 is 2.23 bits per heavy atom. The number of nitro groups is 1. The number of nitro benzene ring substituents is 1. The normalized spacial score (nSPS) is 17.7. The van der Waals surface area contributed by atoms with Crippen LogP contribution in [0.25, 0.3) is 0 Å². The highest BCUT2D eigenvalue weighted by molar-refractivity contribution is 9.09. The van der Waals surface area contributed by atoms with Crippen LogP contribution in [0.3, 0.4) is 0 Å². The van der Waals surface area contributed by atoms with Gasteiger partial charge in [0.15, 0.2) is 11.5 Å². The van der Waals surface area contributed by atoms with Crippen molar-refractivity contribution in [3.8, 4) is 11.5 Å². The molecule has 0 saturated carbocycles. The van der Waals surface area contributed by atoms with E-state index in [-0.39, 0.29) is 27.6 Å². The Hall–Kier alpha value is -2.16. The first-order valence-corrected chi connectivity index (χ1v) is 9.20. The van der Waals surface area contributed by atoms with Gasteiger partial charge in [-0.05, 0) is 19.3 Å². The molecule has 1 aromatic rings. The molecule has 1 fully saturated rings. The lowest BCUT2D eigenvalue weighted by Gasteiger charge is -2.21. The Morgan fingerprint density at radius 1 is 1.50 bits per heavy atom. The predicted molar refractivity (Wildman–Crippen MR) is 98.3 cm³/mol. The Labute approximate surface area is 159 Å². The molecule has 1 aromatic carbocycles. The van der Waals surface area contributed by atoms with Gasteiger partial charge >= 0.3 is 0 Å². The second kappa shape index (κ2) is 8.98. The van der Waals surface area contributed by atoms with Gasteiger partial charge in [-0.25, -0.2) is 0 Å². The zero-order chi connectivity index (χ0) is 19.3. The van der Waals surface area contributed by atoms with Crippen molar-refractivity contribution in [3.05, 3.63) is 27.8 Å². The van der Waals surface area contributed by atoms with Crippen molar-refractivity contribution in [2.45, 2.75) is 37.1 Å². The summed E-state index contributed by atoms with van der Waals surface area (Å²) in [7, 11) is 1.40. The summed E-state index contributed by atoms with van der Waals surface area (Å²) in [4.78, 5) is 36.4. The molecule has 1 saturated heterocycles. The summed E-state index contributed by atoms with van der Waals surface area (Å²) in [5, 5.41) is 11.5. The Morgan fingerprint density at radius 3 is 2.81 bits per heavy atom. The molecule has 9 heteroatoms. The molecule has 0 aliphatic carbocycles. The molecule has 2 atom stereocenters. The third kappa shape index (κ3) is 4.51. The van der Waals surface area contributed by atoms with Crippen molar-refractivity contribution < 1.29 is 24.0 Å². The molecular weight excluding hydrogens is 408 g/mol. The van der Waals surface area contributed by atoms with E-state index in [1.54, 1.807) is 0 Å². The quantitative estimate of drug-likeness (QED) is 0.273. The van der Waals surface area contributed by atoms with Gasteiger partial charge in [0.2, 0.25) is 0 Å². The fourth-order valence-corrected chi connectivity index (χ4v) is 3.00. The zero-order valence-corrected chi connectivity index (χ0v) is 16.2. The van der Waals surface area contributed by atoms with Gasteiger partial charge in [0.05, 0.1) is 30.7 Å². The van der Waals surface area contributed by atoms with E-state index >= 15 is 0 Å². The zero-order valence-electron chi connectivity index (χ0n) is 14.6. The molecule has 26 heavy (non-hydrogen) atoms. The second-order valence-corrected chi connectivity index (χ2v) is 7.60. The summed E-state index contributed by atoms with van der Waals surface area (Å²) in [5.74, 6) is -0.106. The SMILES string of the molecule is COc1cc(C(=O)N2CCC[C@H]2C=O)c([N+](=O)[O-])cc1OCCC(C)Br. The summed E-state index contributed by atoms with van der Waals surface area (Å²) < 4.78 is 10.8. The molecule has 142 valence electrons. The van der Waals surface area contributed by atoms with Gasteiger partial charge < -0.3 is 19.2 Å². The Balaban J connectivity index is 2.37. The monoisotopic (exact) mass is 428 g/mol. The van der Waals surface area contributed by atoms with Crippen LogP contribution in [-0.4, -0.2) is 53.1 Å². The molecule has 1 aliphatic heterocycles. The number of benzene rings is 1. The van der Waals surface area contributed by atoms with Crippen molar-refractivity contribution in [3.63, 3.8) is 0 Å². The lowest BCUT2D eigenvalue weighted by Crippen LogP contribution is -2.36. The van der Waals surface area contributed by atoms with Crippen LogP contribution in [0.2, 0.25) is 0 Å². The highest BCUT2D eigenvalue weighted by atomic mass is 79.9. The lowest BCUT2D eigenvalue weighted by atomic mass is 10.1. The number of hydrogen-bond acceptors (Lipinski definition) is 6. The van der Waals surface area contributed by atoms with Gasteiger partial charge in [0.1, 0.15) is 11.8 Å². The van der Waals surface area contributed by atoms with Crippen LogP contribution in [0, 0.1) is 10.1 Å².